The van der Waals surface area contributed by atoms with Gasteiger partial charge in [0.25, 0.3) is 5.89 Å². The molecular formula is C15H21N5O2. The van der Waals surface area contributed by atoms with E-state index in [1.165, 1.54) is 0 Å². The first-order valence-corrected chi connectivity index (χ1v) is 7.56. The summed E-state index contributed by atoms with van der Waals surface area (Å²) in [4.78, 5) is 18.5. The molecule has 1 N–H and O–H groups in total. The Kier molecular flexibility index (Phi) is 3.72. The van der Waals surface area contributed by atoms with E-state index in [1.807, 2.05) is 20.8 Å². The maximum absolute atomic E-state index is 12.6. The number of carbonyl (C=O) groups excluding carboxylic acids is 1. The van der Waals surface area contributed by atoms with E-state index in [0.717, 1.165) is 30.8 Å². The van der Waals surface area contributed by atoms with Gasteiger partial charge in [0.2, 0.25) is 0 Å². The quantitative estimate of drug-likeness (QED) is 0.918. The Balaban J connectivity index is 1.73. The van der Waals surface area contributed by atoms with Crippen LogP contribution in [0.2, 0.25) is 0 Å². The van der Waals surface area contributed by atoms with E-state index in [9.17, 15) is 4.79 Å². The smallest absolute Gasteiger partial charge is 0.309 e. The zero-order valence-corrected chi connectivity index (χ0v) is 13.2. The lowest BCUT2D eigenvalue weighted by Crippen LogP contribution is -2.39. The first-order valence-electron chi connectivity index (χ1n) is 7.56. The van der Waals surface area contributed by atoms with Crippen LogP contribution in [0.15, 0.2) is 16.8 Å². The van der Waals surface area contributed by atoms with Crippen molar-refractivity contribution in [3.8, 4) is 0 Å². The van der Waals surface area contributed by atoms with E-state index in [-0.39, 0.29) is 23.1 Å². The van der Waals surface area contributed by atoms with Crippen LogP contribution < -0.4 is 0 Å². The van der Waals surface area contributed by atoms with E-state index in [2.05, 4.69) is 20.4 Å². The molecule has 3 rings (SSSR count). The summed E-state index contributed by atoms with van der Waals surface area (Å²) >= 11 is 0. The number of rotatable bonds is 2. The molecule has 3 heterocycles. The Bertz CT molecular complexity index is 641. The van der Waals surface area contributed by atoms with Gasteiger partial charge in [0, 0.05) is 24.4 Å². The van der Waals surface area contributed by atoms with Gasteiger partial charge in [-0.05, 0) is 12.8 Å². The minimum Gasteiger partial charge on any atom is -0.437 e. The van der Waals surface area contributed by atoms with Crippen molar-refractivity contribution in [2.45, 2.75) is 44.9 Å². The predicted molar refractivity (Wildman–Crippen MR) is 79.5 cm³/mol. The summed E-state index contributed by atoms with van der Waals surface area (Å²) in [7, 11) is 0. The van der Waals surface area contributed by atoms with Crippen LogP contribution in [-0.4, -0.2) is 44.3 Å². The van der Waals surface area contributed by atoms with Gasteiger partial charge >= 0.3 is 5.91 Å². The third-order valence-electron chi connectivity index (χ3n) is 3.99. The highest BCUT2D eigenvalue weighted by atomic mass is 16.4. The van der Waals surface area contributed by atoms with Crippen molar-refractivity contribution in [2.24, 2.45) is 0 Å². The summed E-state index contributed by atoms with van der Waals surface area (Å²) in [5.74, 6) is 0.962. The monoisotopic (exact) mass is 303 g/mol. The lowest BCUT2D eigenvalue weighted by Gasteiger charge is -2.30. The second-order valence-corrected chi connectivity index (χ2v) is 6.76. The molecule has 1 amide bonds. The zero-order chi connectivity index (χ0) is 15.7. The normalized spacial score (nSPS) is 19.4. The number of aromatic nitrogens is 4. The third-order valence-corrected chi connectivity index (χ3v) is 3.99. The molecule has 0 aromatic carbocycles. The maximum atomic E-state index is 12.6. The first-order chi connectivity index (χ1) is 10.4. The number of hydrogen-bond donors (Lipinski definition) is 1. The van der Waals surface area contributed by atoms with Gasteiger partial charge in [-0.25, -0.2) is 4.98 Å². The minimum absolute atomic E-state index is 0.149. The summed E-state index contributed by atoms with van der Waals surface area (Å²) in [5, 5.41) is 10.6. The molecular weight excluding hydrogens is 282 g/mol. The van der Waals surface area contributed by atoms with Gasteiger partial charge < -0.3 is 9.32 Å². The van der Waals surface area contributed by atoms with Crippen molar-refractivity contribution in [1.29, 1.82) is 0 Å². The van der Waals surface area contributed by atoms with Crippen LogP contribution in [0.5, 0.6) is 0 Å². The van der Waals surface area contributed by atoms with E-state index >= 15 is 0 Å². The van der Waals surface area contributed by atoms with Gasteiger partial charge in [-0.3, -0.25) is 4.79 Å². The molecule has 1 aliphatic heterocycles. The largest absolute Gasteiger partial charge is 0.437 e. The van der Waals surface area contributed by atoms with Crippen molar-refractivity contribution in [2.75, 3.05) is 13.1 Å². The molecule has 0 bridgehead atoms. The Morgan fingerprint density at radius 1 is 1.41 bits per heavy atom. The van der Waals surface area contributed by atoms with Gasteiger partial charge in [0.15, 0.2) is 0 Å². The minimum atomic E-state index is -0.156. The Labute approximate surface area is 129 Å². The SMILES string of the molecule is CC(C)(C)c1cnc(C(=O)N2CCCC(c3cn[nH]n3)C2)o1. The molecule has 1 unspecified atom stereocenters. The number of piperidine rings is 1. The number of likely N-dealkylation sites (tertiary alicyclic amines) is 1. The number of H-pyrrole nitrogens is 1. The topological polar surface area (TPSA) is 87.9 Å². The molecule has 7 heteroatoms. The standard InChI is InChI=1S/C15H21N5O2/c1-15(2,3)12-8-16-13(22-12)14(21)20-6-4-5-10(9-20)11-7-17-19-18-11/h7-8,10H,4-6,9H2,1-3H3,(H,17,18,19). The first kappa shape index (κ1) is 14.7. The van der Waals surface area contributed by atoms with Crippen molar-refractivity contribution in [1.82, 2.24) is 25.3 Å². The molecule has 1 fully saturated rings. The molecule has 22 heavy (non-hydrogen) atoms. The number of carbonyl (C=O) groups is 1. The number of amides is 1. The van der Waals surface area contributed by atoms with Crippen molar-refractivity contribution in [3.05, 3.63) is 29.7 Å². The molecule has 0 aliphatic carbocycles. The summed E-state index contributed by atoms with van der Waals surface area (Å²) in [5.41, 5.74) is 0.747. The summed E-state index contributed by atoms with van der Waals surface area (Å²) < 4.78 is 5.65. The highest BCUT2D eigenvalue weighted by molar-refractivity contribution is 5.89. The molecule has 1 atom stereocenters. The lowest BCUT2D eigenvalue weighted by atomic mass is 9.94. The third kappa shape index (κ3) is 2.88. The fraction of sp³-hybridized carbons (Fsp3) is 0.600. The van der Waals surface area contributed by atoms with Gasteiger partial charge in [0.05, 0.1) is 18.1 Å². The maximum Gasteiger partial charge on any atom is 0.309 e. The van der Waals surface area contributed by atoms with Crippen LogP contribution >= 0.6 is 0 Å². The molecule has 0 saturated carbocycles. The van der Waals surface area contributed by atoms with Crippen molar-refractivity contribution >= 4 is 5.91 Å². The van der Waals surface area contributed by atoms with Gasteiger partial charge in [-0.15, -0.1) is 0 Å². The van der Waals surface area contributed by atoms with Gasteiger partial charge in [-0.2, -0.15) is 15.4 Å². The number of oxazole rings is 1. The molecule has 0 radical (unpaired) electrons. The van der Waals surface area contributed by atoms with E-state index in [0.29, 0.717) is 6.54 Å². The summed E-state index contributed by atoms with van der Waals surface area (Å²) in [6.45, 7) is 7.44. The molecule has 7 nitrogen and oxygen atoms in total. The van der Waals surface area contributed by atoms with Crippen molar-refractivity contribution in [3.63, 3.8) is 0 Å². The number of hydrogen-bond acceptors (Lipinski definition) is 5. The number of nitrogens with one attached hydrogen (secondary N) is 1. The van der Waals surface area contributed by atoms with Crippen LogP contribution in [0, 0.1) is 0 Å². The Hall–Kier alpha value is -2.18. The molecule has 2 aromatic heterocycles. The summed E-state index contributed by atoms with van der Waals surface area (Å²) in [6.07, 6.45) is 5.32. The van der Waals surface area contributed by atoms with Gasteiger partial charge in [0.1, 0.15) is 5.76 Å². The average molecular weight is 303 g/mol. The molecule has 118 valence electrons. The molecule has 2 aromatic rings. The Morgan fingerprint density at radius 2 is 2.23 bits per heavy atom. The second kappa shape index (κ2) is 5.55. The second-order valence-electron chi connectivity index (χ2n) is 6.76. The van der Waals surface area contributed by atoms with Crippen LogP contribution in [0.4, 0.5) is 0 Å². The van der Waals surface area contributed by atoms with E-state index < -0.39 is 0 Å². The fourth-order valence-corrected chi connectivity index (χ4v) is 2.67. The number of nitrogens with zero attached hydrogens (tertiary/aromatic N) is 4. The van der Waals surface area contributed by atoms with Crippen LogP contribution in [0.3, 0.4) is 0 Å². The fourth-order valence-electron chi connectivity index (χ4n) is 2.67. The van der Waals surface area contributed by atoms with E-state index in [4.69, 9.17) is 4.42 Å². The summed E-state index contributed by atoms with van der Waals surface area (Å²) in [6, 6.07) is 0. The van der Waals surface area contributed by atoms with Gasteiger partial charge in [-0.1, -0.05) is 20.8 Å². The molecule has 0 spiro atoms. The predicted octanol–water partition coefficient (Wildman–Crippen LogP) is 2.11. The van der Waals surface area contributed by atoms with Crippen LogP contribution in [0.1, 0.15) is 61.7 Å². The van der Waals surface area contributed by atoms with Crippen LogP contribution in [0.25, 0.3) is 0 Å². The molecule has 1 saturated heterocycles. The molecule has 1 aliphatic rings. The lowest BCUT2D eigenvalue weighted by molar-refractivity contribution is 0.0662. The average Bonchev–Trinajstić information content (AvgIpc) is 3.17. The highest BCUT2D eigenvalue weighted by Crippen LogP contribution is 2.27. The van der Waals surface area contributed by atoms with Crippen LogP contribution in [-0.2, 0) is 5.41 Å². The van der Waals surface area contributed by atoms with Crippen molar-refractivity contribution < 1.29 is 9.21 Å². The highest BCUT2D eigenvalue weighted by Gasteiger charge is 2.30. The Morgan fingerprint density at radius 3 is 2.86 bits per heavy atom. The zero-order valence-electron chi connectivity index (χ0n) is 13.2. The van der Waals surface area contributed by atoms with E-state index in [1.54, 1.807) is 17.3 Å². The number of aromatic amines is 1.